The van der Waals surface area contributed by atoms with Crippen molar-refractivity contribution in [1.29, 1.82) is 0 Å². The summed E-state index contributed by atoms with van der Waals surface area (Å²) in [6.07, 6.45) is 3.56. The summed E-state index contributed by atoms with van der Waals surface area (Å²) in [4.78, 5) is 28.0. The highest BCUT2D eigenvalue weighted by molar-refractivity contribution is 6.46. The second kappa shape index (κ2) is 9.10. The number of phenols is 1. The number of Topliss-reactive ketones (excluding diaryl/α,β-unsaturated/α-hetero) is 1. The number of aliphatic hydroxyl groups is 1. The number of nitrogens with zero attached hydrogens (tertiary/aromatic N) is 1. The van der Waals surface area contributed by atoms with Crippen LogP contribution in [-0.2, 0) is 9.59 Å². The average molecular weight is 470 g/mol. The molecule has 2 N–H and O–H groups in total. The molecule has 0 spiro atoms. The Hall–Kier alpha value is -2.99. The number of benzene rings is 2. The van der Waals surface area contributed by atoms with Gasteiger partial charge in [0.05, 0.1) is 23.7 Å². The largest absolute Gasteiger partial charge is 0.507 e. The fraction of sp³-hybridized carbons (Fsp3) is 0.385. The van der Waals surface area contributed by atoms with E-state index in [4.69, 9.17) is 16.3 Å². The van der Waals surface area contributed by atoms with Crippen LogP contribution in [0.5, 0.6) is 11.5 Å². The number of carbonyl (C=O) groups is 2. The van der Waals surface area contributed by atoms with Gasteiger partial charge in [-0.3, -0.25) is 9.59 Å². The molecule has 1 saturated carbocycles. The number of rotatable bonds is 5. The van der Waals surface area contributed by atoms with Crippen LogP contribution >= 0.6 is 11.6 Å². The fourth-order valence-corrected chi connectivity index (χ4v) is 5.11. The van der Waals surface area contributed by atoms with E-state index in [2.05, 4.69) is 0 Å². The van der Waals surface area contributed by atoms with Crippen molar-refractivity contribution in [3.05, 3.63) is 63.7 Å². The number of phenolic OH excluding ortho intramolecular Hbond substituents is 1. The molecular weight excluding hydrogens is 442 g/mol. The molecule has 1 unspecified atom stereocenters. The summed E-state index contributed by atoms with van der Waals surface area (Å²) in [7, 11) is 1.59. The predicted octanol–water partition coefficient (Wildman–Crippen LogP) is 5.54. The van der Waals surface area contributed by atoms with Crippen molar-refractivity contribution in [1.82, 2.24) is 4.90 Å². The molecule has 174 valence electrons. The van der Waals surface area contributed by atoms with Gasteiger partial charge in [0.1, 0.15) is 17.3 Å². The smallest absolute Gasteiger partial charge is 0.295 e. The molecule has 6 nitrogen and oxygen atoms in total. The number of hydrogen-bond acceptors (Lipinski definition) is 5. The number of halogens is 1. The third-order valence-electron chi connectivity index (χ3n) is 6.61. The van der Waals surface area contributed by atoms with Gasteiger partial charge in [0.15, 0.2) is 0 Å². The number of aromatic hydroxyl groups is 1. The van der Waals surface area contributed by atoms with Crippen molar-refractivity contribution in [2.45, 2.75) is 57.5 Å². The summed E-state index contributed by atoms with van der Waals surface area (Å²) >= 11 is 6.17. The summed E-state index contributed by atoms with van der Waals surface area (Å²) in [5, 5.41) is 21.4. The van der Waals surface area contributed by atoms with Gasteiger partial charge in [-0.15, -0.1) is 0 Å². The second-order valence-corrected chi connectivity index (χ2v) is 9.37. The van der Waals surface area contributed by atoms with Crippen LogP contribution in [0.15, 0.2) is 42.0 Å². The lowest BCUT2D eigenvalue weighted by atomic mass is 9.92. The minimum atomic E-state index is -0.782. The number of methoxy groups -OCH3 is 1. The average Bonchev–Trinajstić information content (AvgIpc) is 3.41. The zero-order valence-corrected chi connectivity index (χ0v) is 19.7. The van der Waals surface area contributed by atoms with Crippen LogP contribution in [0, 0.1) is 0 Å². The van der Waals surface area contributed by atoms with E-state index in [1.807, 2.05) is 13.8 Å². The Morgan fingerprint density at radius 1 is 1.12 bits per heavy atom. The third-order valence-corrected chi connectivity index (χ3v) is 6.91. The molecule has 2 aromatic carbocycles. The minimum absolute atomic E-state index is 0.0357. The lowest BCUT2D eigenvalue weighted by Crippen LogP contribution is -2.37. The summed E-state index contributed by atoms with van der Waals surface area (Å²) in [6, 6.07) is 8.99. The first kappa shape index (κ1) is 23.2. The van der Waals surface area contributed by atoms with Gasteiger partial charge in [0.2, 0.25) is 0 Å². The molecule has 1 amide bonds. The van der Waals surface area contributed by atoms with Gasteiger partial charge in [-0.05, 0) is 60.2 Å². The third kappa shape index (κ3) is 4.08. The van der Waals surface area contributed by atoms with E-state index in [0.29, 0.717) is 16.9 Å². The summed E-state index contributed by atoms with van der Waals surface area (Å²) < 4.78 is 5.44. The Bertz CT molecular complexity index is 1130. The van der Waals surface area contributed by atoms with E-state index in [1.165, 1.54) is 6.07 Å². The highest BCUT2D eigenvalue weighted by Gasteiger charge is 2.49. The maximum absolute atomic E-state index is 13.2. The quantitative estimate of drug-likeness (QED) is 0.341. The Kier molecular flexibility index (Phi) is 6.39. The zero-order valence-electron chi connectivity index (χ0n) is 19.0. The van der Waals surface area contributed by atoms with Crippen LogP contribution in [0.3, 0.4) is 0 Å². The van der Waals surface area contributed by atoms with E-state index in [1.54, 1.807) is 42.3 Å². The van der Waals surface area contributed by atoms with Crippen LogP contribution in [0.1, 0.15) is 68.2 Å². The van der Waals surface area contributed by atoms with Crippen molar-refractivity contribution in [3.8, 4) is 11.5 Å². The Morgan fingerprint density at radius 3 is 2.42 bits per heavy atom. The molecule has 1 saturated heterocycles. The SMILES string of the molecule is COc1ccc(/C(O)=C2/C(=O)C(=O)N(C3CCCC3)C2c2ccc(O)c(Cl)c2)cc1C(C)C. The summed E-state index contributed by atoms with van der Waals surface area (Å²) in [5.74, 6) is -0.830. The Balaban J connectivity index is 1.91. The van der Waals surface area contributed by atoms with E-state index < -0.39 is 17.7 Å². The number of carbonyl (C=O) groups excluding carboxylic acids is 2. The standard InChI is InChI=1S/C26H28ClNO5/c1-14(2)18-12-16(9-11-21(18)33-3)24(30)22-23(15-8-10-20(29)19(27)13-15)28(26(32)25(22)31)17-6-4-5-7-17/h8-14,17,23,29-30H,4-7H2,1-3H3/b24-22-. The van der Waals surface area contributed by atoms with Gasteiger partial charge in [-0.1, -0.05) is 44.4 Å². The van der Waals surface area contributed by atoms with Crippen molar-refractivity contribution in [2.75, 3.05) is 7.11 Å². The molecule has 1 heterocycles. The molecule has 0 radical (unpaired) electrons. The highest BCUT2D eigenvalue weighted by atomic mass is 35.5. The molecule has 1 aliphatic carbocycles. The highest BCUT2D eigenvalue weighted by Crippen LogP contribution is 2.45. The predicted molar refractivity (Wildman–Crippen MR) is 127 cm³/mol. The Morgan fingerprint density at radius 2 is 1.82 bits per heavy atom. The molecule has 1 atom stereocenters. The molecule has 2 aromatic rings. The van der Waals surface area contributed by atoms with Crippen molar-refractivity contribution < 1.29 is 24.5 Å². The van der Waals surface area contributed by atoms with E-state index in [0.717, 1.165) is 31.2 Å². The van der Waals surface area contributed by atoms with Crippen LogP contribution in [0.25, 0.3) is 5.76 Å². The molecule has 4 rings (SSSR count). The summed E-state index contributed by atoms with van der Waals surface area (Å²) in [6.45, 7) is 4.03. The van der Waals surface area contributed by atoms with Crippen LogP contribution < -0.4 is 4.74 Å². The fourth-order valence-electron chi connectivity index (χ4n) is 4.92. The van der Waals surface area contributed by atoms with Crippen molar-refractivity contribution >= 4 is 29.1 Å². The number of aliphatic hydroxyl groups excluding tert-OH is 1. The maximum atomic E-state index is 13.2. The maximum Gasteiger partial charge on any atom is 0.295 e. The van der Waals surface area contributed by atoms with Gasteiger partial charge in [-0.25, -0.2) is 0 Å². The topological polar surface area (TPSA) is 87.1 Å². The van der Waals surface area contributed by atoms with Crippen LogP contribution in [0.4, 0.5) is 0 Å². The van der Waals surface area contributed by atoms with E-state index in [-0.39, 0.29) is 34.1 Å². The van der Waals surface area contributed by atoms with Crippen molar-refractivity contribution in [3.63, 3.8) is 0 Å². The van der Waals surface area contributed by atoms with Crippen LogP contribution in [0.2, 0.25) is 5.02 Å². The van der Waals surface area contributed by atoms with Gasteiger partial charge < -0.3 is 19.8 Å². The lowest BCUT2D eigenvalue weighted by molar-refractivity contribution is -0.141. The number of ether oxygens (including phenoxy) is 1. The van der Waals surface area contributed by atoms with Crippen molar-refractivity contribution in [2.24, 2.45) is 0 Å². The minimum Gasteiger partial charge on any atom is -0.507 e. The van der Waals surface area contributed by atoms with Gasteiger partial charge in [0, 0.05) is 11.6 Å². The molecule has 0 aromatic heterocycles. The van der Waals surface area contributed by atoms with Gasteiger partial charge in [-0.2, -0.15) is 0 Å². The Labute approximate surface area is 198 Å². The van der Waals surface area contributed by atoms with Gasteiger partial charge >= 0.3 is 0 Å². The number of amides is 1. The molecule has 7 heteroatoms. The first-order valence-electron chi connectivity index (χ1n) is 11.2. The van der Waals surface area contributed by atoms with Crippen LogP contribution in [-0.4, -0.2) is 40.0 Å². The van der Waals surface area contributed by atoms with Gasteiger partial charge in [0.25, 0.3) is 11.7 Å². The number of ketones is 1. The zero-order chi connectivity index (χ0) is 23.9. The number of hydrogen-bond donors (Lipinski definition) is 2. The molecule has 33 heavy (non-hydrogen) atoms. The molecule has 2 fully saturated rings. The first-order chi connectivity index (χ1) is 15.7. The summed E-state index contributed by atoms with van der Waals surface area (Å²) in [5.41, 5.74) is 1.94. The molecule has 2 aliphatic rings. The van der Waals surface area contributed by atoms with E-state index >= 15 is 0 Å². The molecular formula is C26H28ClNO5. The first-order valence-corrected chi connectivity index (χ1v) is 11.6. The number of likely N-dealkylation sites (tertiary alicyclic amines) is 1. The molecule has 0 bridgehead atoms. The lowest BCUT2D eigenvalue weighted by Gasteiger charge is -2.31. The molecule has 1 aliphatic heterocycles. The van der Waals surface area contributed by atoms with E-state index in [9.17, 15) is 19.8 Å². The second-order valence-electron chi connectivity index (χ2n) is 8.97. The normalized spacial score (nSPS) is 20.8. The monoisotopic (exact) mass is 469 g/mol.